The van der Waals surface area contributed by atoms with E-state index >= 15 is 0 Å². The van der Waals surface area contributed by atoms with Gasteiger partial charge in [-0.1, -0.05) is 11.6 Å². The number of fused-ring (bicyclic) bond motifs is 1. The molecule has 0 aliphatic carbocycles. The lowest BCUT2D eigenvalue weighted by molar-refractivity contribution is 0.171. The lowest BCUT2D eigenvalue weighted by atomic mass is 10.1. The van der Waals surface area contributed by atoms with Crippen LogP contribution in [0.1, 0.15) is 6.42 Å². The minimum atomic E-state index is -3.62. The number of sulfonamides is 1. The fourth-order valence-electron chi connectivity index (χ4n) is 2.85. The maximum Gasteiger partial charge on any atom is 0.244 e. The first-order valence-electron chi connectivity index (χ1n) is 7.26. The second-order valence-corrected chi connectivity index (χ2v) is 7.82. The molecule has 1 aromatic rings. The third-order valence-corrected chi connectivity index (χ3v) is 6.29. The zero-order valence-electron chi connectivity index (χ0n) is 12.7. The van der Waals surface area contributed by atoms with Crippen LogP contribution < -0.4 is 14.8 Å². The Bertz CT molecular complexity index is 669. The number of nitrogens with one attached hydrogen (secondary N) is 1. The summed E-state index contributed by atoms with van der Waals surface area (Å²) >= 11 is 6.17. The van der Waals surface area contributed by atoms with Crippen molar-refractivity contribution in [2.24, 2.45) is 5.92 Å². The van der Waals surface area contributed by atoms with Crippen LogP contribution in [0, 0.1) is 5.92 Å². The summed E-state index contributed by atoms with van der Waals surface area (Å²) in [5.74, 6) is 1.25. The summed E-state index contributed by atoms with van der Waals surface area (Å²) in [5, 5.41) is 3.26. The summed E-state index contributed by atoms with van der Waals surface area (Å²) in [6.45, 7) is 2.67. The number of hydrogen-bond donors (Lipinski definition) is 1. The second-order valence-electron chi connectivity index (χ2n) is 5.50. The highest BCUT2D eigenvalue weighted by Gasteiger charge is 2.34. The van der Waals surface area contributed by atoms with E-state index in [0.29, 0.717) is 43.7 Å². The highest BCUT2D eigenvalue weighted by Crippen LogP contribution is 2.39. The van der Waals surface area contributed by atoms with Gasteiger partial charge in [0.2, 0.25) is 10.0 Å². The van der Waals surface area contributed by atoms with Crippen molar-refractivity contribution in [2.75, 3.05) is 39.9 Å². The Balaban J connectivity index is 0.00000192. The van der Waals surface area contributed by atoms with Gasteiger partial charge in [-0.15, -0.1) is 12.4 Å². The molecule has 1 fully saturated rings. The van der Waals surface area contributed by atoms with Crippen molar-refractivity contribution >= 4 is 34.0 Å². The Kier molecular flexibility index (Phi) is 6.02. The van der Waals surface area contributed by atoms with Crippen molar-refractivity contribution in [3.05, 3.63) is 17.2 Å². The van der Waals surface area contributed by atoms with E-state index in [2.05, 4.69) is 5.32 Å². The van der Waals surface area contributed by atoms with Crippen molar-refractivity contribution in [1.29, 1.82) is 0 Å². The first-order valence-corrected chi connectivity index (χ1v) is 9.08. The molecule has 1 N–H and O–H groups in total. The Hall–Kier alpha value is -0.730. The first kappa shape index (κ1) is 18.6. The number of halogens is 2. The van der Waals surface area contributed by atoms with Gasteiger partial charge < -0.3 is 14.8 Å². The number of nitrogens with zero attached hydrogens (tertiary/aromatic N) is 1. The first-order chi connectivity index (χ1) is 10.5. The average molecular weight is 383 g/mol. The summed E-state index contributed by atoms with van der Waals surface area (Å²) in [6, 6.07) is 2.99. The number of ether oxygens (including phenoxy) is 2. The molecule has 1 atom stereocenters. The van der Waals surface area contributed by atoms with E-state index in [9.17, 15) is 8.42 Å². The van der Waals surface area contributed by atoms with E-state index in [1.54, 1.807) is 0 Å². The van der Waals surface area contributed by atoms with E-state index in [1.807, 2.05) is 7.05 Å². The van der Waals surface area contributed by atoms with Gasteiger partial charge in [0.05, 0.1) is 5.02 Å². The van der Waals surface area contributed by atoms with Gasteiger partial charge in [-0.3, -0.25) is 0 Å². The lowest BCUT2D eigenvalue weighted by Gasteiger charge is -2.22. The molecule has 9 heteroatoms. The van der Waals surface area contributed by atoms with Gasteiger partial charge in [-0.2, -0.15) is 4.31 Å². The van der Waals surface area contributed by atoms with Gasteiger partial charge in [-0.25, -0.2) is 8.42 Å². The molecule has 23 heavy (non-hydrogen) atoms. The summed E-state index contributed by atoms with van der Waals surface area (Å²) in [6.07, 6.45) is 0.849. The molecule has 2 aliphatic heterocycles. The number of rotatable bonds is 4. The Labute approximate surface area is 147 Å². The van der Waals surface area contributed by atoms with Crippen LogP contribution in [0.25, 0.3) is 0 Å². The predicted molar refractivity (Wildman–Crippen MR) is 90.5 cm³/mol. The molecular weight excluding hydrogens is 363 g/mol. The SMILES string of the molecule is CNCC1CCN(S(=O)(=O)c2cc3c(cc2Cl)OCCO3)C1.Cl. The zero-order chi connectivity index (χ0) is 15.7. The maximum absolute atomic E-state index is 12.8. The lowest BCUT2D eigenvalue weighted by Crippen LogP contribution is -2.30. The minimum Gasteiger partial charge on any atom is -0.486 e. The van der Waals surface area contributed by atoms with E-state index < -0.39 is 10.0 Å². The fourth-order valence-corrected chi connectivity index (χ4v) is 4.89. The monoisotopic (exact) mass is 382 g/mol. The van der Waals surface area contributed by atoms with E-state index in [-0.39, 0.29) is 22.3 Å². The predicted octanol–water partition coefficient (Wildman–Crippen LogP) is 1.76. The Morgan fingerprint density at radius 3 is 2.61 bits per heavy atom. The molecule has 2 aliphatic rings. The molecule has 1 aromatic carbocycles. The molecule has 0 bridgehead atoms. The van der Waals surface area contributed by atoms with Gasteiger partial charge in [0.1, 0.15) is 18.1 Å². The number of hydrogen-bond acceptors (Lipinski definition) is 5. The Morgan fingerprint density at radius 1 is 1.30 bits per heavy atom. The van der Waals surface area contributed by atoms with Crippen LogP contribution in [0.2, 0.25) is 5.02 Å². The zero-order valence-corrected chi connectivity index (χ0v) is 15.1. The van der Waals surface area contributed by atoms with Crippen molar-refractivity contribution in [3.8, 4) is 11.5 Å². The summed E-state index contributed by atoms with van der Waals surface area (Å²) in [7, 11) is -1.75. The van der Waals surface area contributed by atoms with Gasteiger partial charge in [0.25, 0.3) is 0 Å². The van der Waals surface area contributed by atoms with Gasteiger partial charge in [-0.05, 0) is 25.9 Å². The van der Waals surface area contributed by atoms with Gasteiger partial charge in [0, 0.05) is 25.2 Å². The van der Waals surface area contributed by atoms with Crippen molar-refractivity contribution in [1.82, 2.24) is 9.62 Å². The maximum atomic E-state index is 12.8. The fraction of sp³-hybridized carbons (Fsp3) is 0.571. The molecule has 130 valence electrons. The molecule has 2 heterocycles. The van der Waals surface area contributed by atoms with E-state index in [4.69, 9.17) is 21.1 Å². The van der Waals surface area contributed by atoms with Crippen LogP contribution in [-0.2, 0) is 10.0 Å². The molecule has 0 amide bonds. The Morgan fingerprint density at radius 2 is 1.96 bits per heavy atom. The quantitative estimate of drug-likeness (QED) is 0.858. The topological polar surface area (TPSA) is 67.9 Å². The molecule has 0 spiro atoms. The molecular formula is C14H20Cl2N2O4S. The normalized spacial score (nSPS) is 21.0. The van der Waals surface area contributed by atoms with Crippen molar-refractivity contribution in [3.63, 3.8) is 0 Å². The molecule has 0 radical (unpaired) electrons. The average Bonchev–Trinajstić information content (AvgIpc) is 2.96. The van der Waals surface area contributed by atoms with Crippen LogP contribution in [0.15, 0.2) is 17.0 Å². The highest BCUT2D eigenvalue weighted by molar-refractivity contribution is 7.89. The summed E-state index contributed by atoms with van der Waals surface area (Å²) in [4.78, 5) is 0.0866. The molecule has 0 aromatic heterocycles. The van der Waals surface area contributed by atoms with Crippen molar-refractivity contribution in [2.45, 2.75) is 11.3 Å². The summed E-state index contributed by atoms with van der Waals surface area (Å²) in [5.41, 5.74) is 0. The smallest absolute Gasteiger partial charge is 0.244 e. The van der Waals surface area contributed by atoms with Gasteiger partial charge >= 0.3 is 0 Å². The molecule has 1 unspecified atom stereocenters. The van der Waals surface area contributed by atoms with Crippen molar-refractivity contribution < 1.29 is 17.9 Å². The second kappa shape index (κ2) is 7.44. The standard InChI is InChI=1S/C14H19ClN2O4S.ClH/c1-16-8-10-2-3-17(9-10)22(18,19)14-7-13-12(6-11(14)15)20-4-5-21-13;/h6-7,10,16H,2-5,8-9H2,1H3;1H. The third-order valence-electron chi connectivity index (χ3n) is 3.96. The molecule has 0 saturated carbocycles. The van der Waals surface area contributed by atoms with Crippen LogP contribution >= 0.6 is 24.0 Å². The van der Waals surface area contributed by atoms with E-state index in [1.165, 1.54) is 16.4 Å². The van der Waals surface area contributed by atoms with Crippen LogP contribution in [0.4, 0.5) is 0 Å². The summed E-state index contributed by atoms with van der Waals surface area (Å²) < 4.78 is 38.0. The minimum absolute atomic E-state index is 0. The molecule has 3 rings (SSSR count). The van der Waals surface area contributed by atoms with Crippen LogP contribution in [0.5, 0.6) is 11.5 Å². The molecule has 1 saturated heterocycles. The molecule has 6 nitrogen and oxygen atoms in total. The van der Waals surface area contributed by atoms with Crippen LogP contribution in [0.3, 0.4) is 0 Å². The highest BCUT2D eigenvalue weighted by atomic mass is 35.5. The number of benzene rings is 1. The largest absolute Gasteiger partial charge is 0.486 e. The van der Waals surface area contributed by atoms with Gasteiger partial charge in [0.15, 0.2) is 11.5 Å². The van der Waals surface area contributed by atoms with Crippen LogP contribution in [-0.4, -0.2) is 52.6 Å². The van der Waals surface area contributed by atoms with E-state index in [0.717, 1.165) is 13.0 Å². The third kappa shape index (κ3) is 3.69.